The molecule has 0 saturated carbocycles. The summed E-state index contributed by atoms with van der Waals surface area (Å²) in [7, 11) is 0. The van der Waals surface area contributed by atoms with Gasteiger partial charge in [-0.05, 0) is 34.4 Å². The second kappa shape index (κ2) is 10.8. The average Bonchev–Trinajstić information content (AvgIpc) is 3.62. The Morgan fingerprint density at radius 3 is 1.47 bits per heavy atom. The van der Waals surface area contributed by atoms with Gasteiger partial charge < -0.3 is 0 Å². The van der Waals surface area contributed by atoms with Gasteiger partial charge in [-0.15, -0.1) is 23.3 Å². The summed E-state index contributed by atoms with van der Waals surface area (Å²) in [6.45, 7) is 4.25. The predicted octanol–water partition coefficient (Wildman–Crippen LogP) is 8.90. The van der Waals surface area contributed by atoms with Gasteiger partial charge in [0.05, 0.1) is 0 Å². The second-order valence-electron chi connectivity index (χ2n) is 10.1. The maximum absolute atomic E-state index is 3.31. The van der Waals surface area contributed by atoms with E-state index < -0.39 is 0 Å². The standard InChI is InChI=1S/2C17H11.C3H6.Zr/c2*1-2-6-15-12(4-1)8-10-14-11-9-13-5-3-7-16(13)17(14)15;1-3-2;/h2*1-4,6-10H,11H2;1-2H3;/q2*-1;;+2. The molecule has 0 fully saturated rings. The maximum atomic E-state index is 3.31. The van der Waals surface area contributed by atoms with Crippen molar-refractivity contribution in [1.82, 2.24) is 0 Å². The zero-order valence-corrected chi connectivity index (χ0v) is 24.3. The Balaban J connectivity index is 0.000000122. The topological polar surface area (TPSA) is 0 Å². The van der Waals surface area contributed by atoms with Gasteiger partial charge in [-0.3, -0.25) is 0 Å². The molecule has 0 aromatic heterocycles. The molecule has 4 aliphatic rings. The van der Waals surface area contributed by atoms with Gasteiger partial charge in [0.1, 0.15) is 0 Å². The van der Waals surface area contributed by atoms with Crippen molar-refractivity contribution in [2.45, 2.75) is 26.7 Å². The molecule has 0 saturated heterocycles. The number of fused-ring (bicyclic) bond motifs is 10. The summed E-state index contributed by atoms with van der Waals surface area (Å²) < 4.78 is 1.51. The molecule has 0 aliphatic heterocycles. The van der Waals surface area contributed by atoms with Gasteiger partial charge in [0.15, 0.2) is 0 Å². The smallest absolute Gasteiger partial charge is 0.0186 e. The SMILES string of the molecule is C[C](C)=[Zr+2].[C-]1=CC=C2C1=CCc1ccc3ccccc3c12.[C-]1=CC=C2C1=CCc1ccc3ccccc3c12. The second-order valence-corrected chi connectivity index (χ2v) is 12.5. The van der Waals surface area contributed by atoms with Gasteiger partial charge in [0.2, 0.25) is 0 Å². The first-order valence-electron chi connectivity index (χ1n) is 13.1. The minimum atomic E-state index is 1.02. The third-order valence-corrected chi connectivity index (χ3v) is 7.18. The molecule has 4 aromatic carbocycles. The van der Waals surface area contributed by atoms with E-state index in [1.807, 2.05) is 12.2 Å². The Kier molecular flexibility index (Phi) is 7.05. The van der Waals surface area contributed by atoms with Crippen molar-refractivity contribution < 1.29 is 24.2 Å². The summed E-state index contributed by atoms with van der Waals surface area (Å²) in [6, 6.07) is 26.2. The van der Waals surface area contributed by atoms with Crippen LogP contribution in [0.15, 0.2) is 120 Å². The fourth-order valence-electron chi connectivity index (χ4n) is 5.57. The third-order valence-electron chi connectivity index (χ3n) is 7.18. The van der Waals surface area contributed by atoms with Gasteiger partial charge in [-0.25, -0.2) is 0 Å². The molecular formula is C37H28Zr. The predicted molar refractivity (Wildman–Crippen MR) is 159 cm³/mol. The molecule has 4 aliphatic carbocycles. The molecule has 0 spiro atoms. The minimum absolute atomic E-state index is 1.02. The molecule has 0 atom stereocenters. The van der Waals surface area contributed by atoms with Crippen LogP contribution in [-0.4, -0.2) is 3.21 Å². The average molecular weight is 564 g/mol. The zero-order valence-electron chi connectivity index (χ0n) is 21.8. The monoisotopic (exact) mass is 562 g/mol. The summed E-state index contributed by atoms with van der Waals surface area (Å²) in [5.74, 6) is 0. The van der Waals surface area contributed by atoms with Crippen molar-refractivity contribution in [3.63, 3.8) is 0 Å². The summed E-state index contributed by atoms with van der Waals surface area (Å²) in [4.78, 5) is 0. The molecular weight excluding hydrogens is 536 g/mol. The number of hydrogen-bond donors (Lipinski definition) is 0. The van der Waals surface area contributed by atoms with Gasteiger partial charge in [-0.1, -0.05) is 95.1 Å². The van der Waals surface area contributed by atoms with Crippen molar-refractivity contribution in [3.8, 4) is 0 Å². The van der Waals surface area contributed by atoms with E-state index in [0.717, 1.165) is 12.8 Å². The number of rotatable bonds is 0. The van der Waals surface area contributed by atoms with Gasteiger partial charge in [0, 0.05) is 0 Å². The van der Waals surface area contributed by atoms with Crippen LogP contribution in [0, 0.1) is 12.2 Å². The van der Waals surface area contributed by atoms with Crippen molar-refractivity contribution in [1.29, 1.82) is 0 Å². The van der Waals surface area contributed by atoms with E-state index in [1.54, 1.807) is 24.2 Å². The first-order chi connectivity index (χ1) is 18.6. The fraction of sp³-hybridized carbons (Fsp3) is 0.108. The molecule has 180 valence electrons. The Hall–Kier alpha value is -3.41. The molecule has 0 bridgehead atoms. The van der Waals surface area contributed by atoms with E-state index in [4.69, 9.17) is 0 Å². The fourth-order valence-corrected chi connectivity index (χ4v) is 5.57. The quantitative estimate of drug-likeness (QED) is 0.187. The van der Waals surface area contributed by atoms with Crippen molar-refractivity contribution in [2.75, 3.05) is 0 Å². The summed E-state index contributed by atoms with van der Waals surface area (Å²) in [5, 5.41) is 5.36. The third kappa shape index (κ3) is 4.77. The van der Waals surface area contributed by atoms with Crippen LogP contribution >= 0.6 is 0 Å². The molecule has 0 amide bonds. The van der Waals surface area contributed by atoms with Crippen LogP contribution in [0.2, 0.25) is 0 Å². The first kappa shape index (κ1) is 24.9. The number of allylic oxidation sites excluding steroid dienone is 12. The van der Waals surface area contributed by atoms with Crippen LogP contribution in [0.3, 0.4) is 0 Å². The molecule has 0 heterocycles. The van der Waals surface area contributed by atoms with Crippen LogP contribution in [0.1, 0.15) is 36.1 Å². The minimum Gasteiger partial charge on any atom is -0.168 e. The van der Waals surface area contributed by atoms with Crippen LogP contribution in [-0.2, 0) is 37.1 Å². The Morgan fingerprint density at radius 2 is 1.03 bits per heavy atom. The van der Waals surface area contributed by atoms with E-state index >= 15 is 0 Å². The summed E-state index contributed by atoms with van der Waals surface area (Å²) in [6.07, 6.45) is 21.6. The van der Waals surface area contributed by atoms with Gasteiger partial charge >= 0.3 is 41.3 Å². The normalized spacial score (nSPS) is 15.5. The molecule has 38 heavy (non-hydrogen) atoms. The van der Waals surface area contributed by atoms with Gasteiger partial charge in [0.25, 0.3) is 0 Å². The maximum Gasteiger partial charge on any atom is -0.0186 e. The molecule has 1 heteroatoms. The Bertz CT molecular complexity index is 1650. The van der Waals surface area contributed by atoms with Crippen LogP contribution < -0.4 is 0 Å². The zero-order chi connectivity index (χ0) is 26.1. The van der Waals surface area contributed by atoms with Crippen molar-refractivity contribution >= 4 is 35.9 Å². The van der Waals surface area contributed by atoms with E-state index in [1.165, 1.54) is 69.3 Å². The van der Waals surface area contributed by atoms with Crippen LogP contribution in [0.5, 0.6) is 0 Å². The molecule has 8 rings (SSSR count). The number of hydrogen-bond acceptors (Lipinski definition) is 0. The van der Waals surface area contributed by atoms with E-state index in [0.29, 0.717) is 0 Å². The largest absolute Gasteiger partial charge is 0.168 e. The van der Waals surface area contributed by atoms with E-state index in [9.17, 15) is 0 Å². The van der Waals surface area contributed by atoms with E-state index in [2.05, 4.69) is 123 Å². The van der Waals surface area contributed by atoms with E-state index in [-0.39, 0.29) is 0 Å². The Morgan fingerprint density at radius 1 is 0.605 bits per heavy atom. The van der Waals surface area contributed by atoms with Crippen LogP contribution in [0.25, 0.3) is 32.7 Å². The molecule has 0 radical (unpaired) electrons. The summed E-state index contributed by atoms with van der Waals surface area (Å²) in [5.41, 5.74) is 10.9. The molecule has 0 unspecified atom stereocenters. The van der Waals surface area contributed by atoms with Crippen molar-refractivity contribution in [3.05, 3.63) is 155 Å². The number of benzene rings is 4. The molecule has 0 N–H and O–H groups in total. The first-order valence-corrected chi connectivity index (χ1v) is 14.4. The van der Waals surface area contributed by atoms with Gasteiger partial charge in [-0.2, -0.15) is 47.6 Å². The molecule has 4 aromatic rings. The molecule has 0 nitrogen and oxygen atoms in total. The van der Waals surface area contributed by atoms with Crippen LogP contribution in [0.4, 0.5) is 0 Å². The Labute approximate surface area is 240 Å². The summed E-state index contributed by atoms with van der Waals surface area (Å²) >= 11 is 1.55. The van der Waals surface area contributed by atoms with Crippen molar-refractivity contribution in [2.24, 2.45) is 0 Å².